The molecular formula is C13H10N4O3S. The first-order chi connectivity index (χ1) is 10.2. The molecule has 1 aliphatic rings. The Bertz CT molecular complexity index is 679. The van der Waals surface area contributed by atoms with E-state index in [4.69, 9.17) is 0 Å². The van der Waals surface area contributed by atoms with Crippen molar-refractivity contribution in [1.82, 2.24) is 15.2 Å². The lowest BCUT2D eigenvalue weighted by atomic mass is 10.1. The van der Waals surface area contributed by atoms with Crippen molar-refractivity contribution in [3.63, 3.8) is 0 Å². The summed E-state index contributed by atoms with van der Waals surface area (Å²) in [6.07, 6.45) is 1.56. The number of fused-ring (bicyclic) bond motifs is 1. The number of anilines is 1. The molecule has 4 amide bonds. The van der Waals surface area contributed by atoms with Crippen LogP contribution in [0.2, 0.25) is 0 Å². The number of rotatable bonds is 3. The molecule has 1 aromatic heterocycles. The molecule has 2 N–H and O–H groups in total. The Hall–Kier alpha value is -2.74. The molecule has 8 heteroatoms. The first-order valence-corrected chi connectivity index (χ1v) is 6.94. The maximum atomic E-state index is 12.1. The lowest BCUT2D eigenvalue weighted by Crippen LogP contribution is -2.42. The highest BCUT2D eigenvalue weighted by Gasteiger charge is 2.35. The Morgan fingerprint density at radius 3 is 2.43 bits per heavy atom. The largest absolute Gasteiger partial charge is 0.322 e. The molecule has 7 nitrogen and oxygen atoms in total. The SMILES string of the molecule is O=C(NCN1C(=O)c2ccccc2C1=O)Nc1nccs1. The third-order valence-electron chi connectivity index (χ3n) is 2.93. The summed E-state index contributed by atoms with van der Waals surface area (Å²) in [5.74, 6) is -0.824. The van der Waals surface area contributed by atoms with Crippen LogP contribution in [0.1, 0.15) is 20.7 Å². The predicted octanol–water partition coefficient (Wildman–Crippen LogP) is 1.52. The van der Waals surface area contributed by atoms with Gasteiger partial charge in [-0.05, 0) is 12.1 Å². The van der Waals surface area contributed by atoms with Gasteiger partial charge in [-0.1, -0.05) is 12.1 Å². The third kappa shape index (κ3) is 2.48. The Morgan fingerprint density at radius 2 is 1.86 bits per heavy atom. The number of carbonyl (C=O) groups is 3. The zero-order chi connectivity index (χ0) is 14.8. The Kier molecular flexibility index (Phi) is 3.36. The number of nitrogens with one attached hydrogen (secondary N) is 2. The van der Waals surface area contributed by atoms with Gasteiger partial charge in [0, 0.05) is 11.6 Å². The molecular weight excluding hydrogens is 292 g/mol. The van der Waals surface area contributed by atoms with E-state index in [1.165, 1.54) is 11.3 Å². The van der Waals surface area contributed by atoms with Crippen molar-refractivity contribution in [3.8, 4) is 0 Å². The van der Waals surface area contributed by atoms with E-state index in [0.717, 1.165) is 4.90 Å². The highest BCUT2D eigenvalue weighted by molar-refractivity contribution is 7.13. The second-order valence-electron chi connectivity index (χ2n) is 4.21. The van der Waals surface area contributed by atoms with Crippen LogP contribution in [-0.2, 0) is 0 Å². The number of carbonyl (C=O) groups excluding carboxylic acids is 3. The summed E-state index contributed by atoms with van der Waals surface area (Å²) in [6, 6.07) is 6.03. The molecule has 0 aliphatic carbocycles. The number of nitrogens with zero attached hydrogens (tertiary/aromatic N) is 2. The first-order valence-electron chi connectivity index (χ1n) is 6.06. The quantitative estimate of drug-likeness (QED) is 0.841. The Labute approximate surface area is 123 Å². The molecule has 0 radical (unpaired) electrons. The van der Waals surface area contributed by atoms with Crippen LogP contribution < -0.4 is 10.6 Å². The number of urea groups is 1. The van der Waals surface area contributed by atoms with Gasteiger partial charge in [0.05, 0.1) is 11.1 Å². The molecule has 1 aromatic carbocycles. The highest BCUT2D eigenvalue weighted by atomic mass is 32.1. The van der Waals surface area contributed by atoms with Crippen molar-refractivity contribution in [2.45, 2.75) is 0 Å². The molecule has 0 unspecified atom stereocenters. The van der Waals surface area contributed by atoms with Gasteiger partial charge in [0.25, 0.3) is 11.8 Å². The second-order valence-corrected chi connectivity index (χ2v) is 5.10. The second kappa shape index (κ2) is 5.33. The molecule has 21 heavy (non-hydrogen) atoms. The molecule has 0 spiro atoms. The van der Waals surface area contributed by atoms with Crippen molar-refractivity contribution < 1.29 is 14.4 Å². The van der Waals surface area contributed by atoms with E-state index in [9.17, 15) is 14.4 Å². The van der Waals surface area contributed by atoms with Crippen molar-refractivity contribution in [1.29, 1.82) is 0 Å². The Balaban J connectivity index is 1.63. The molecule has 2 aromatic rings. The minimum absolute atomic E-state index is 0.191. The minimum Gasteiger partial charge on any atom is -0.320 e. The number of thiazole rings is 1. The summed E-state index contributed by atoms with van der Waals surface area (Å²) in [5, 5.41) is 7.13. The molecule has 106 valence electrons. The van der Waals surface area contributed by atoms with Gasteiger partial charge in [0.2, 0.25) is 0 Å². The van der Waals surface area contributed by atoms with Gasteiger partial charge < -0.3 is 5.32 Å². The zero-order valence-electron chi connectivity index (χ0n) is 10.7. The van der Waals surface area contributed by atoms with Crippen LogP contribution in [0.4, 0.5) is 9.93 Å². The van der Waals surface area contributed by atoms with Crippen molar-refractivity contribution in [3.05, 3.63) is 47.0 Å². The van der Waals surface area contributed by atoms with Gasteiger partial charge in [-0.15, -0.1) is 11.3 Å². The van der Waals surface area contributed by atoms with Gasteiger partial charge in [-0.3, -0.25) is 19.8 Å². The van der Waals surface area contributed by atoms with Gasteiger partial charge in [0.1, 0.15) is 6.67 Å². The lowest BCUT2D eigenvalue weighted by molar-refractivity contribution is 0.0648. The number of hydrogen-bond donors (Lipinski definition) is 2. The fraction of sp³-hybridized carbons (Fsp3) is 0.0769. The van der Waals surface area contributed by atoms with Gasteiger partial charge in [0.15, 0.2) is 5.13 Å². The van der Waals surface area contributed by atoms with Gasteiger partial charge in [-0.25, -0.2) is 9.78 Å². The molecule has 0 bridgehead atoms. The molecule has 0 fully saturated rings. The van der Waals surface area contributed by atoms with Gasteiger partial charge in [-0.2, -0.15) is 0 Å². The fourth-order valence-corrected chi connectivity index (χ4v) is 2.48. The summed E-state index contributed by atoms with van der Waals surface area (Å²) in [4.78, 5) is 40.7. The van der Waals surface area contributed by atoms with E-state index in [-0.39, 0.29) is 6.67 Å². The summed E-state index contributed by atoms with van der Waals surface area (Å²) < 4.78 is 0. The number of benzene rings is 1. The van der Waals surface area contributed by atoms with Crippen LogP contribution in [0.5, 0.6) is 0 Å². The van der Waals surface area contributed by atoms with Crippen LogP contribution >= 0.6 is 11.3 Å². The topological polar surface area (TPSA) is 91.4 Å². The van der Waals surface area contributed by atoms with E-state index < -0.39 is 17.8 Å². The number of amides is 4. The van der Waals surface area contributed by atoms with E-state index in [0.29, 0.717) is 16.3 Å². The predicted molar refractivity (Wildman–Crippen MR) is 76.1 cm³/mol. The smallest absolute Gasteiger partial charge is 0.320 e. The molecule has 0 saturated carbocycles. The van der Waals surface area contributed by atoms with E-state index in [1.54, 1.807) is 35.8 Å². The average molecular weight is 302 g/mol. The molecule has 3 rings (SSSR count). The summed E-state index contributed by atoms with van der Waals surface area (Å²) >= 11 is 1.27. The molecule has 0 saturated heterocycles. The summed E-state index contributed by atoms with van der Waals surface area (Å²) in [7, 11) is 0. The normalized spacial score (nSPS) is 13.2. The van der Waals surface area contributed by atoms with Crippen molar-refractivity contribution >= 4 is 34.3 Å². The maximum absolute atomic E-state index is 12.1. The third-order valence-corrected chi connectivity index (χ3v) is 3.62. The van der Waals surface area contributed by atoms with E-state index in [1.807, 2.05) is 0 Å². The van der Waals surface area contributed by atoms with Crippen LogP contribution in [0.25, 0.3) is 0 Å². The summed E-state index contributed by atoms with van der Waals surface area (Å²) in [6.45, 7) is -0.191. The standard InChI is InChI=1S/C13H10N4O3S/c18-10-8-3-1-2-4-9(8)11(19)17(10)7-15-12(20)16-13-14-5-6-21-13/h1-6H,7H2,(H2,14,15,16,20). The zero-order valence-corrected chi connectivity index (χ0v) is 11.5. The number of imide groups is 1. The number of hydrogen-bond acceptors (Lipinski definition) is 5. The van der Waals surface area contributed by atoms with Crippen LogP contribution in [-0.4, -0.2) is 34.4 Å². The molecule has 0 atom stereocenters. The maximum Gasteiger partial charge on any atom is 0.322 e. The number of aromatic nitrogens is 1. The summed E-state index contributed by atoms with van der Waals surface area (Å²) in [5.41, 5.74) is 0.703. The van der Waals surface area contributed by atoms with Crippen LogP contribution in [0.15, 0.2) is 35.8 Å². The lowest BCUT2D eigenvalue weighted by Gasteiger charge is -2.14. The van der Waals surface area contributed by atoms with Crippen LogP contribution in [0, 0.1) is 0 Å². The fourth-order valence-electron chi connectivity index (χ4n) is 1.96. The first kappa shape index (κ1) is 13.3. The molecule has 2 heterocycles. The van der Waals surface area contributed by atoms with E-state index in [2.05, 4.69) is 15.6 Å². The van der Waals surface area contributed by atoms with Crippen LogP contribution in [0.3, 0.4) is 0 Å². The van der Waals surface area contributed by atoms with Gasteiger partial charge >= 0.3 is 6.03 Å². The van der Waals surface area contributed by atoms with Crippen molar-refractivity contribution in [2.75, 3.05) is 12.0 Å². The van der Waals surface area contributed by atoms with E-state index >= 15 is 0 Å². The highest BCUT2D eigenvalue weighted by Crippen LogP contribution is 2.21. The average Bonchev–Trinajstić information content (AvgIpc) is 3.07. The Morgan fingerprint density at radius 1 is 1.19 bits per heavy atom. The minimum atomic E-state index is -0.526. The monoisotopic (exact) mass is 302 g/mol. The molecule has 1 aliphatic heterocycles. The van der Waals surface area contributed by atoms with Crippen molar-refractivity contribution in [2.24, 2.45) is 0 Å².